The van der Waals surface area contributed by atoms with Gasteiger partial charge in [0.25, 0.3) is 0 Å². The van der Waals surface area contributed by atoms with Crippen LogP contribution < -0.4 is 15.5 Å². The third-order valence-corrected chi connectivity index (χ3v) is 5.71. The molecular formula is C24H36N6O. The molecule has 1 saturated heterocycles. The van der Waals surface area contributed by atoms with Crippen molar-refractivity contribution in [3.63, 3.8) is 0 Å². The predicted molar refractivity (Wildman–Crippen MR) is 127 cm³/mol. The van der Waals surface area contributed by atoms with E-state index in [1.165, 1.54) is 0 Å². The lowest BCUT2D eigenvalue weighted by molar-refractivity contribution is 0.0617. The highest BCUT2D eigenvalue weighted by molar-refractivity contribution is 5.79. The van der Waals surface area contributed by atoms with Crippen LogP contribution in [0.15, 0.2) is 53.7 Å². The van der Waals surface area contributed by atoms with Gasteiger partial charge >= 0.3 is 0 Å². The number of aliphatic imine (C=N–C) groups is 1. The van der Waals surface area contributed by atoms with Gasteiger partial charge in [-0.2, -0.15) is 0 Å². The second-order valence-electron chi connectivity index (χ2n) is 8.13. The van der Waals surface area contributed by atoms with E-state index in [9.17, 15) is 5.11 Å². The van der Waals surface area contributed by atoms with Gasteiger partial charge in [0.1, 0.15) is 11.4 Å². The summed E-state index contributed by atoms with van der Waals surface area (Å²) in [5.74, 6) is 1.71. The SMILES string of the molecule is CCNC(=NCc1ccnc(N2CCN(CC)CC2)c1)NCC(C)(O)c1ccccc1. The molecule has 2 heterocycles. The predicted octanol–water partition coefficient (Wildman–Crippen LogP) is 2.19. The van der Waals surface area contributed by atoms with Gasteiger partial charge in [0.15, 0.2) is 5.96 Å². The average molecular weight is 425 g/mol. The molecule has 31 heavy (non-hydrogen) atoms. The Labute approximate surface area is 186 Å². The van der Waals surface area contributed by atoms with E-state index < -0.39 is 5.60 Å². The molecule has 0 amide bonds. The Morgan fingerprint density at radius 3 is 2.52 bits per heavy atom. The number of likely N-dealkylation sites (N-methyl/N-ethyl adjacent to an activating group) is 1. The van der Waals surface area contributed by atoms with Crippen LogP contribution in [0.3, 0.4) is 0 Å². The lowest BCUT2D eigenvalue weighted by Gasteiger charge is -2.34. The van der Waals surface area contributed by atoms with Crippen LogP contribution in [0.1, 0.15) is 31.9 Å². The molecule has 3 rings (SSSR count). The lowest BCUT2D eigenvalue weighted by Crippen LogP contribution is -2.46. The number of rotatable bonds is 8. The van der Waals surface area contributed by atoms with Gasteiger partial charge in [-0.1, -0.05) is 37.3 Å². The first-order valence-corrected chi connectivity index (χ1v) is 11.2. The molecule has 1 aromatic heterocycles. The fourth-order valence-corrected chi connectivity index (χ4v) is 3.69. The van der Waals surface area contributed by atoms with Crippen LogP contribution in [-0.2, 0) is 12.1 Å². The number of aromatic nitrogens is 1. The number of nitrogens with zero attached hydrogens (tertiary/aromatic N) is 4. The van der Waals surface area contributed by atoms with Crippen LogP contribution in [0.4, 0.5) is 5.82 Å². The van der Waals surface area contributed by atoms with Crippen LogP contribution in [0.25, 0.3) is 0 Å². The maximum atomic E-state index is 10.8. The second-order valence-corrected chi connectivity index (χ2v) is 8.13. The Morgan fingerprint density at radius 2 is 1.84 bits per heavy atom. The van der Waals surface area contributed by atoms with E-state index >= 15 is 0 Å². The van der Waals surface area contributed by atoms with E-state index in [0.717, 1.165) is 56.2 Å². The van der Waals surface area contributed by atoms with Crippen molar-refractivity contribution < 1.29 is 5.11 Å². The molecule has 7 heteroatoms. The van der Waals surface area contributed by atoms with Crippen molar-refractivity contribution in [2.75, 3.05) is 50.7 Å². The molecular weight excluding hydrogens is 388 g/mol. The van der Waals surface area contributed by atoms with Crippen molar-refractivity contribution in [2.24, 2.45) is 4.99 Å². The van der Waals surface area contributed by atoms with Gasteiger partial charge in [0.2, 0.25) is 0 Å². The minimum atomic E-state index is -0.984. The zero-order chi connectivity index (χ0) is 22.1. The third kappa shape index (κ3) is 6.67. The van der Waals surface area contributed by atoms with Crippen molar-refractivity contribution in [1.29, 1.82) is 0 Å². The Bertz CT molecular complexity index is 831. The molecule has 0 aliphatic carbocycles. The van der Waals surface area contributed by atoms with E-state index in [4.69, 9.17) is 4.99 Å². The first kappa shape index (κ1) is 23.0. The Kier molecular flexibility index (Phi) is 8.26. The zero-order valence-electron chi connectivity index (χ0n) is 19.0. The first-order valence-electron chi connectivity index (χ1n) is 11.2. The molecule has 168 valence electrons. The standard InChI is InChI=1S/C24H36N6O/c1-4-25-23(28-19-24(3,31)21-9-7-6-8-10-21)27-18-20-11-12-26-22(17-20)30-15-13-29(5-2)14-16-30/h6-12,17,31H,4-5,13-16,18-19H2,1-3H3,(H2,25,27,28). The van der Waals surface area contributed by atoms with Crippen molar-refractivity contribution in [1.82, 2.24) is 20.5 Å². The summed E-state index contributed by atoms with van der Waals surface area (Å²) in [7, 11) is 0. The molecule has 0 radical (unpaired) electrons. The molecule has 3 N–H and O–H groups in total. The number of aliphatic hydroxyl groups is 1. The zero-order valence-corrected chi connectivity index (χ0v) is 19.0. The first-order chi connectivity index (χ1) is 15.0. The highest BCUT2D eigenvalue weighted by Gasteiger charge is 2.23. The van der Waals surface area contributed by atoms with E-state index in [1.54, 1.807) is 0 Å². The molecule has 1 aliphatic rings. The van der Waals surface area contributed by atoms with E-state index in [2.05, 4.69) is 38.4 Å². The number of piperazine rings is 1. The minimum absolute atomic E-state index is 0.367. The maximum Gasteiger partial charge on any atom is 0.191 e. The Morgan fingerprint density at radius 1 is 1.10 bits per heavy atom. The molecule has 0 spiro atoms. The van der Waals surface area contributed by atoms with Gasteiger partial charge in [0, 0.05) is 38.9 Å². The third-order valence-electron chi connectivity index (χ3n) is 5.71. The van der Waals surface area contributed by atoms with Crippen LogP contribution in [0.5, 0.6) is 0 Å². The van der Waals surface area contributed by atoms with E-state index in [-0.39, 0.29) is 0 Å². The molecule has 7 nitrogen and oxygen atoms in total. The van der Waals surface area contributed by atoms with Gasteiger partial charge in [-0.05, 0) is 43.7 Å². The smallest absolute Gasteiger partial charge is 0.191 e. The molecule has 0 bridgehead atoms. The summed E-state index contributed by atoms with van der Waals surface area (Å²) in [6.07, 6.45) is 1.87. The summed E-state index contributed by atoms with van der Waals surface area (Å²) in [5, 5.41) is 17.4. The summed E-state index contributed by atoms with van der Waals surface area (Å²) >= 11 is 0. The van der Waals surface area contributed by atoms with Crippen LogP contribution >= 0.6 is 0 Å². The van der Waals surface area contributed by atoms with Crippen LogP contribution in [-0.4, -0.2) is 66.8 Å². The largest absolute Gasteiger partial charge is 0.384 e. The molecule has 1 atom stereocenters. The summed E-state index contributed by atoms with van der Waals surface area (Å²) in [4.78, 5) is 14.1. The van der Waals surface area contributed by atoms with Crippen molar-refractivity contribution in [3.05, 3.63) is 59.8 Å². The summed E-state index contributed by atoms with van der Waals surface area (Å²) in [6.45, 7) is 13.0. The topological polar surface area (TPSA) is 76.0 Å². The molecule has 1 fully saturated rings. The summed E-state index contributed by atoms with van der Waals surface area (Å²) in [5.41, 5.74) is 1.01. The number of nitrogens with one attached hydrogen (secondary N) is 2. The quantitative estimate of drug-likeness (QED) is 0.446. The number of benzene rings is 1. The van der Waals surface area contributed by atoms with E-state index in [0.29, 0.717) is 19.0 Å². The van der Waals surface area contributed by atoms with Gasteiger partial charge in [-0.25, -0.2) is 9.98 Å². The highest BCUT2D eigenvalue weighted by Crippen LogP contribution is 2.19. The number of anilines is 1. The fraction of sp³-hybridized carbons (Fsp3) is 0.500. The molecule has 0 saturated carbocycles. The summed E-state index contributed by atoms with van der Waals surface area (Å²) < 4.78 is 0. The molecule has 2 aromatic rings. The second kappa shape index (κ2) is 11.1. The Hall–Kier alpha value is -2.64. The monoisotopic (exact) mass is 424 g/mol. The fourth-order valence-electron chi connectivity index (χ4n) is 3.69. The van der Waals surface area contributed by atoms with Gasteiger partial charge in [-0.15, -0.1) is 0 Å². The maximum absolute atomic E-state index is 10.8. The summed E-state index contributed by atoms with van der Waals surface area (Å²) in [6, 6.07) is 13.8. The number of guanidine groups is 1. The van der Waals surface area contributed by atoms with Gasteiger partial charge in [0.05, 0.1) is 13.1 Å². The molecule has 1 unspecified atom stereocenters. The lowest BCUT2D eigenvalue weighted by atomic mass is 9.96. The van der Waals surface area contributed by atoms with Crippen molar-refractivity contribution >= 4 is 11.8 Å². The average Bonchev–Trinajstić information content (AvgIpc) is 2.82. The van der Waals surface area contributed by atoms with Gasteiger partial charge in [-0.3, -0.25) is 0 Å². The van der Waals surface area contributed by atoms with Crippen LogP contribution in [0.2, 0.25) is 0 Å². The molecule has 1 aliphatic heterocycles. The number of pyridine rings is 1. The number of hydrogen-bond donors (Lipinski definition) is 3. The Balaban J connectivity index is 1.61. The highest BCUT2D eigenvalue weighted by atomic mass is 16.3. The van der Waals surface area contributed by atoms with Gasteiger partial charge < -0.3 is 25.5 Å². The minimum Gasteiger partial charge on any atom is -0.384 e. The van der Waals surface area contributed by atoms with Crippen molar-refractivity contribution in [3.8, 4) is 0 Å². The van der Waals surface area contributed by atoms with E-state index in [1.807, 2.05) is 56.4 Å². The number of hydrogen-bond acceptors (Lipinski definition) is 5. The normalized spacial score (nSPS) is 17.3. The molecule has 1 aromatic carbocycles. The van der Waals surface area contributed by atoms with Crippen LogP contribution in [0, 0.1) is 0 Å². The van der Waals surface area contributed by atoms with Crippen molar-refractivity contribution in [2.45, 2.75) is 32.9 Å².